The van der Waals surface area contributed by atoms with Crippen molar-refractivity contribution < 1.29 is 23.9 Å². The van der Waals surface area contributed by atoms with Gasteiger partial charge >= 0.3 is 12.0 Å². The molecule has 0 aliphatic heterocycles. The van der Waals surface area contributed by atoms with E-state index in [0.29, 0.717) is 23.5 Å². The Labute approximate surface area is 164 Å². The Morgan fingerprint density at radius 1 is 1.04 bits per heavy atom. The molecule has 3 amide bonds. The zero-order valence-corrected chi connectivity index (χ0v) is 16.0. The first-order valence-electron chi connectivity index (χ1n) is 9.88. The van der Waals surface area contributed by atoms with E-state index in [2.05, 4.69) is 10.6 Å². The average Bonchev–Trinajstić information content (AvgIpc) is 2.64. The quantitative estimate of drug-likeness (QED) is 0.759. The van der Waals surface area contributed by atoms with Crippen LogP contribution < -0.4 is 15.4 Å². The number of amides is 3. The average molecular weight is 386 g/mol. The number of rotatable bonds is 5. The monoisotopic (exact) mass is 386 g/mol. The van der Waals surface area contributed by atoms with Gasteiger partial charge in [-0.1, -0.05) is 12.1 Å². The van der Waals surface area contributed by atoms with E-state index >= 15 is 0 Å². The second-order valence-electron chi connectivity index (χ2n) is 8.48. The lowest BCUT2D eigenvalue weighted by Gasteiger charge is -2.56. The number of nitrogens with one attached hydrogen (secondary N) is 2. The number of urea groups is 1. The van der Waals surface area contributed by atoms with E-state index in [4.69, 9.17) is 9.47 Å². The summed E-state index contributed by atoms with van der Waals surface area (Å²) >= 11 is 0. The maximum atomic E-state index is 12.3. The highest BCUT2D eigenvalue weighted by Crippen LogP contribution is 2.55. The van der Waals surface area contributed by atoms with E-state index < -0.39 is 24.5 Å². The van der Waals surface area contributed by atoms with E-state index in [-0.39, 0.29) is 11.1 Å². The Morgan fingerprint density at radius 3 is 2.25 bits per heavy atom. The Bertz CT molecular complexity index is 755. The van der Waals surface area contributed by atoms with Crippen LogP contribution in [0.3, 0.4) is 0 Å². The van der Waals surface area contributed by atoms with Gasteiger partial charge < -0.3 is 14.8 Å². The van der Waals surface area contributed by atoms with E-state index in [1.807, 2.05) is 0 Å². The summed E-state index contributed by atoms with van der Waals surface area (Å²) in [5.41, 5.74) is 0.0588. The number of imide groups is 1. The maximum absolute atomic E-state index is 12.3. The first-order chi connectivity index (χ1) is 13.5. The fraction of sp³-hybridized carbons (Fsp3) is 0.571. The SMILES string of the molecule is COc1ccccc1C(=O)OCC(=O)NC(=O)NC12CC3CC(CC(C3)C1)C2. The maximum Gasteiger partial charge on any atom is 0.342 e. The summed E-state index contributed by atoms with van der Waals surface area (Å²) < 4.78 is 10.1. The Balaban J connectivity index is 1.27. The summed E-state index contributed by atoms with van der Waals surface area (Å²) in [7, 11) is 1.45. The number of ether oxygens (including phenoxy) is 2. The number of benzene rings is 1. The van der Waals surface area contributed by atoms with Crippen molar-refractivity contribution in [1.29, 1.82) is 0 Å². The van der Waals surface area contributed by atoms with Crippen LogP contribution in [0.15, 0.2) is 24.3 Å². The van der Waals surface area contributed by atoms with Crippen molar-refractivity contribution in [2.45, 2.75) is 44.1 Å². The first kappa shape index (κ1) is 18.8. The van der Waals surface area contributed by atoms with Crippen molar-refractivity contribution in [1.82, 2.24) is 10.6 Å². The van der Waals surface area contributed by atoms with Crippen LogP contribution >= 0.6 is 0 Å². The van der Waals surface area contributed by atoms with Gasteiger partial charge in [-0.15, -0.1) is 0 Å². The van der Waals surface area contributed by atoms with Crippen LogP contribution in [-0.2, 0) is 9.53 Å². The lowest BCUT2D eigenvalue weighted by atomic mass is 9.53. The third-order valence-electron chi connectivity index (χ3n) is 6.33. The van der Waals surface area contributed by atoms with Crippen LogP contribution in [0.5, 0.6) is 5.75 Å². The smallest absolute Gasteiger partial charge is 0.342 e. The molecule has 4 aliphatic rings. The molecule has 7 nitrogen and oxygen atoms in total. The Kier molecular flexibility index (Phi) is 5.00. The fourth-order valence-corrected chi connectivity index (χ4v) is 5.72. The van der Waals surface area contributed by atoms with Crippen LogP contribution in [0, 0.1) is 17.8 Å². The first-order valence-corrected chi connectivity index (χ1v) is 9.88. The molecule has 0 saturated heterocycles. The minimum atomic E-state index is -0.672. The molecule has 1 aromatic rings. The van der Waals surface area contributed by atoms with Crippen LogP contribution in [0.2, 0.25) is 0 Å². The lowest BCUT2D eigenvalue weighted by Crippen LogP contribution is -2.62. The zero-order chi connectivity index (χ0) is 19.7. The normalized spacial score (nSPS) is 29.8. The molecule has 2 N–H and O–H groups in total. The highest BCUT2D eigenvalue weighted by atomic mass is 16.5. The third kappa shape index (κ3) is 3.84. The number of methoxy groups -OCH3 is 1. The van der Waals surface area contributed by atoms with Gasteiger partial charge in [0, 0.05) is 5.54 Å². The number of para-hydroxylation sites is 1. The highest BCUT2D eigenvalue weighted by Gasteiger charge is 2.51. The van der Waals surface area contributed by atoms with E-state index in [1.54, 1.807) is 24.3 Å². The second-order valence-corrected chi connectivity index (χ2v) is 8.48. The van der Waals surface area contributed by atoms with Gasteiger partial charge in [-0.3, -0.25) is 10.1 Å². The minimum Gasteiger partial charge on any atom is -0.496 e. The fourth-order valence-electron chi connectivity index (χ4n) is 5.72. The highest BCUT2D eigenvalue weighted by molar-refractivity contribution is 5.98. The number of esters is 1. The summed E-state index contributed by atoms with van der Waals surface area (Å²) in [6, 6.07) is 6.10. The van der Waals surface area contributed by atoms with Crippen molar-refractivity contribution in [2.24, 2.45) is 17.8 Å². The summed E-state index contributed by atoms with van der Waals surface area (Å²) in [6.45, 7) is -0.523. The minimum absolute atomic E-state index is 0.173. The van der Waals surface area contributed by atoms with Crippen molar-refractivity contribution in [3.05, 3.63) is 29.8 Å². The van der Waals surface area contributed by atoms with Crippen molar-refractivity contribution >= 4 is 17.9 Å². The van der Waals surface area contributed by atoms with Crippen LogP contribution in [0.4, 0.5) is 4.79 Å². The molecule has 0 radical (unpaired) electrons. The van der Waals surface area contributed by atoms with Crippen molar-refractivity contribution in [2.75, 3.05) is 13.7 Å². The van der Waals surface area contributed by atoms with E-state index in [9.17, 15) is 14.4 Å². The Hall–Kier alpha value is -2.57. The van der Waals surface area contributed by atoms with Gasteiger partial charge in [0.1, 0.15) is 11.3 Å². The molecule has 4 aliphatic carbocycles. The molecule has 150 valence electrons. The van der Waals surface area contributed by atoms with E-state index in [1.165, 1.54) is 26.4 Å². The predicted molar refractivity (Wildman–Crippen MR) is 101 cm³/mol. The summed E-state index contributed by atoms with van der Waals surface area (Å²) in [6.07, 6.45) is 6.84. The van der Waals surface area contributed by atoms with Gasteiger partial charge in [-0.25, -0.2) is 9.59 Å². The van der Waals surface area contributed by atoms with Crippen LogP contribution in [-0.4, -0.2) is 37.2 Å². The molecule has 4 fully saturated rings. The largest absolute Gasteiger partial charge is 0.496 e. The van der Waals surface area contributed by atoms with Gasteiger partial charge in [0.15, 0.2) is 6.61 Å². The van der Waals surface area contributed by atoms with Crippen LogP contribution in [0.25, 0.3) is 0 Å². The Morgan fingerprint density at radius 2 is 1.64 bits per heavy atom. The molecule has 4 saturated carbocycles. The topological polar surface area (TPSA) is 93.7 Å². The molecule has 4 bridgehead atoms. The molecule has 28 heavy (non-hydrogen) atoms. The molecule has 0 aromatic heterocycles. The third-order valence-corrected chi connectivity index (χ3v) is 6.33. The van der Waals surface area contributed by atoms with Gasteiger partial charge in [-0.2, -0.15) is 0 Å². The molecule has 0 heterocycles. The lowest BCUT2D eigenvalue weighted by molar-refractivity contribution is -0.123. The molecule has 7 heteroatoms. The van der Waals surface area contributed by atoms with E-state index in [0.717, 1.165) is 19.3 Å². The standard InChI is InChI=1S/C21H26N2O5/c1-27-17-5-3-2-4-16(17)19(25)28-12-18(24)22-20(26)23-21-9-13-6-14(10-21)8-15(7-13)11-21/h2-5,13-15H,6-12H2,1H3,(H2,22,23,24,26). The predicted octanol–water partition coefficient (Wildman–Crippen LogP) is 2.65. The van der Waals surface area contributed by atoms with Gasteiger partial charge in [0.05, 0.1) is 7.11 Å². The molecule has 1 aromatic carbocycles. The summed E-state index contributed by atoms with van der Waals surface area (Å²) in [4.78, 5) is 36.5. The van der Waals surface area contributed by atoms with Gasteiger partial charge in [0.25, 0.3) is 5.91 Å². The number of hydrogen-bond donors (Lipinski definition) is 2. The molecular weight excluding hydrogens is 360 g/mol. The number of carbonyl (C=O) groups excluding carboxylic acids is 3. The number of hydrogen-bond acceptors (Lipinski definition) is 5. The van der Waals surface area contributed by atoms with Crippen LogP contribution in [0.1, 0.15) is 48.9 Å². The van der Waals surface area contributed by atoms with Crippen molar-refractivity contribution in [3.63, 3.8) is 0 Å². The zero-order valence-electron chi connectivity index (χ0n) is 16.0. The summed E-state index contributed by atoms with van der Waals surface area (Å²) in [5, 5.41) is 5.35. The molecule has 0 atom stereocenters. The molecule has 5 rings (SSSR count). The molecular formula is C21H26N2O5. The molecule has 0 unspecified atom stereocenters. The number of carbonyl (C=O) groups is 3. The van der Waals surface area contributed by atoms with Crippen molar-refractivity contribution in [3.8, 4) is 5.75 Å². The second kappa shape index (κ2) is 7.45. The van der Waals surface area contributed by atoms with Gasteiger partial charge in [0.2, 0.25) is 0 Å². The summed E-state index contributed by atoms with van der Waals surface area (Å²) in [5.74, 6) is 1.14. The molecule has 0 spiro atoms. The van der Waals surface area contributed by atoms with Gasteiger partial charge in [-0.05, 0) is 68.4 Å².